The Hall–Kier alpha value is -0.600. The highest BCUT2D eigenvalue weighted by Crippen LogP contribution is 2.35. The van der Waals surface area contributed by atoms with Gasteiger partial charge in [0, 0.05) is 16.6 Å². The van der Waals surface area contributed by atoms with Crippen molar-refractivity contribution in [2.75, 3.05) is 7.05 Å². The molecule has 0 amide bonds. The van der Waals surface area contributed by atoms with Gasteiger partial charge in [-0.25, -0.2) is 4.39 Å². The number of nitrogens with one attached hydrogen (secondary N) is 1. The van der Waals surface area contributed by atoms with Crippen molar-refractivity contribution < 1.29 is 4.39 Å². The Morgan fingerprint density at radius 3 is 2.67 bits per heavy atom. The summed E-state index contributed by atoms with van der Waals surface area (Å²) in [6.07, 6.45) is 7.49. The van der Waals surface area contributed by atoms with E-state index in [0.29, 0.717) is 16.5 Å². The third kappa shape index (κ3) is 3.24. The molecular formula is C15H21ClFN. The monoisotopic (exact) mass is 269 g/mol. The summed E-state index contributed by atoms with van der Waals surface area (Å²) in [4.78, 5) is 0. The van der Waals surface area contributed by atoms with E-state index in [2.05, 4.69) is 5.32 Å². The Morgan fingerprint density at radius 1 is 1.33 bits per heavy atom. The summed E-state index contributed by atoms with van der Waals surface area (Å²) < 4.78 is 13.9. The number of hydrogen-bond donors (Lipinski definition) is 1. The van der Waals surface area contributed by atoms with Gasteiger partial charge in [-0.3, -0.25) is 0 Å². The van der Waals surface area contributed by atoms with Crippen molar-refractivity contribution in [1.82, 2.24) is 5.32 Å². The Balaban J connectivity index is 2.12. The van der Waals surface area contributed by atoms with Crippen LogP contribution in [0.4, 0.5) is 4.39 Å². The molecule has 18 heavy (non-hydrogen) atoms. The first-order valence-corrected chi connectivity index (χ1v) is 7.21. The van der Waals surface area contributed by atoms with Gasteiger partial charge in [0.1, 0.15) is 5.82 Å². The van der Waals surface area contributed by atoms with Crippen LogP contribution in [0.15, 0.2) is 18.2 Å². The summed E-state index contributed by atoms with van der Waals surface area (Å²) >= 11 is 6.14. The summed E-state index contributed by atoms with van der Waals surface area (Å²) in [7, 11) is 1.89. The molecule has 1 aromatic rings. The highest BCUT2D eigenvalue weighted by molar-refractivity contribution is 6.31. The molecule has 0 aromatic heterocycles. The molecule has 0 radical (unpaired) electrons. The van der Waals surface area contributed by atoms with E-state index in [1.807, 2.05) is 7.05 Å². The highest BCUT2D eigenvalue weighted by Gasteiger charge is 2.22. The van der Waals surface area contributed by atoms with Crippen LogP contribution in [0.25, 0.3) is 0 Å². The third-order valence-electron chi connectivity index (χ3n) is 3.99. The highest BCUT2D eigenvalue weighted by atomic mass is 35.5. The standard InChI is InChI=1S/C15H21ClFN/c1-18-14(10-11-6-3-2-4-7-11)15-12(16)8-5-9-13(15)17/h5,8-9,11,14,18H,2-4,6-7,10H2,1H3. The minimum Gasteiger partial charge on any atom is -0.313 e. The van der Waals surface area contributed by atoms with E-state index in [1.165, 1.54) is 38.2 Å². The van der Waals surface area contributed by atoms with E-state index < -0.39 is 0 Å². The smallest absolute Gasteiger partial charge is 0.129 e. The summed E-state index contributed by atoms with van der Waals surface area (Å²) in [6, 6.07) is 4.95. The lowest BCUT2D eigenvalue weighted by Gasteiger charge is -2.27. The van der Waals surface area contributed by atoms with Gasteiger partial charge in [-0.1, -0.05) is 49.8 Å². The molecule has 100 valence electrons. The van der Waals surface area contributed by atoms with Crippen molar-refractivity contribution in [2.24, 2.45) is 5.92 Å². The van der Waals surface area contributed by atoms with Crippen LogP contribution in [0.2, 0.25) is 5.02 Å². The molecule has 1 fully saturated rings. The van der Waals surface area contributed by atoms with Crippen molar-refractivity contribution in [2.45, 2.75) is 44.6 Å². The van der Waals surface area contributed by atoms with Crippen LogP contribution in [-0.2, 0) is 0 Å². The van der Waals surface area contributed by atoms with Crippen LogP contribution in [-0.4, -0.2) is 7.05 Å². The fraction of sp³-hybridized carbons (Fsp3) is 0.600. The average Bonchev–Trinajstić information content (AvgIpc) is 2.38. The van der Waals surface area contributed by atoms with Crippen molar-refractivity contribution in [3.8, 4) is 0 Å². The van der Waals surface area contributed by atoms with Gasteiger partial charge in [0.2, 0.25) is 0 Å². The van der Waals surface area contributed by atoms with Gasteiger partial charge >= 0.3 is 0 Å². The Kier molecular flexibility index (Phi) is 5.02. The van der Waals surface area contributed by atoms with Crippen LogP contribution in [0.1, 0.15) is 50.1 Å². The third-order valence-corrected chi connectivity index (χ3v) is 4.32. The fourth-order valence-electron chi connectivity index (χ4n) is 2.98. The number of halogens is 2. The molecule has 0 bridgehead atoms. The first kappa shape index (κ1) is 13.8. The summed E-state index contributed by atoms with van der Waals surface area (Å²) in [6.45, 7) is 0. The van der Waals surface area contributed by atoms with Gasteiger partial charge in [0.25, 0.3) is 0 Å². The molecule has 0 saturated heterocycles. The van der Waals surface area contributed by atoms with Crippen molar-refractivity contribution in [1.29, 1.82) is 0 Å². The van der Waals surface area contributed by atoms with Gasteiger partial charge < -0.3 is 5.32 Å². The fourth-order valence-corrected chi connectivity index (χ4v) is 3.27. The maximum Gasteiger partial charge on any atom is 0.129 e. The quantitative estimate of drug-likeness (QED) is 0.835. The topological polar surface area (TPSA) is 12.0 Å². The molecule has 1 aliphatic rings. The molecular weight excluding hydrogens is 249 g/mol. The predicted octanol–water partition coefficient (Wildman–Crippen LogP) is 4.71. The van der Waals surface area contributed by atoms with Gasteiger partial charge in [-0.05, 0) is 31.5 Å². The molecule has 1 saturated carbocycles. The van der Waals surface area contributed by atoms with E-state index in [9.17, 15) is 4.39 Å². The van der Waals surface area contributed by atoms with Crippen LogP contribution in [0.5, 0.6) is 0 Å². The summed E-state index contributed by atoms with van der Waals surface area (Å²) in [5.74, 6) is 0.504. The second-order valence-corrected chi connectivity index (χ2v) is 5.62. The predicted molar refractivity (Wildman–Crippen MR) is 74.4 cm³/mol. The van der Waals surface area contributed by atoms with Gasteiger partial charge in [0.15, 0.2) is 0 Å². The average molecular weight is 270 g/mol. The summed E-state index contributed by atoms with van der Waals surface area (Å²) in [5.41, 5.74) is 0.632. The zero-order chi connectivity index (χ0) is 13.0. The van der Waals surface area contributed by atoms with Gasteiger partial charge in [-0.2, -0.15) is 0 Å². The maximum absolute atomic E-state index is 13.9. The maximum atomic E-state index is 13.9. The molecule has 0 spiro atoms. The lowest BCUT2D eigenvalue weighted by molar-refractivity contribution is 0.303. The normalized spacial score (nSPS) is 18.8. The summed E-state index contributed by atoms with van der Waals surface area (Å²) in [5, 5.41) is 3.76. The van der Waals surface area contributed by atoms with Crippen LogP contribution >= 0.6 is 11.6 Å². The Morgan fingerprint density at radius 2 is 2.06 bits per heavy atom. The van der Waals surface area contributed by atoms with E-state index in [-0.39, 0.29) is 11.9 Å². The Labute approximate surface area is 114 Å². The van der Waals surface area contributed by atoms with E-state index in [1.54, 1.807) is 12.1 Å². The van der Waals surface area contributed by atoms with Crippen LogP contribution < -0.4 is 5.32 Å². The second-order valence-electron chi connectivity index (χ2n) is 5.22. The lowest BCUT2D eigenvalue weighted by Crippen LogP contribution is -2.22. The van der Waals surface area contributed by atoms with Crippen molar-refractivity contribution in [3.63, 3.8) is 0 Å². The van der Waals surface area contributed by atoms with Crippen LogP contribution in [0, 0.1) is 11.7 Å². The molecule has 1 aromatic carbocycles. The zero-order valence-corrected chi connectivity index (χ0v) is 11.6. The molecule has 1 nitrogen and oxygen atoms in total. The first-order chi connectivity index (χ1) is 8.72. The number of rotatable bonds is 4. The molecule has 1 atom stereocenters. The minimum absolute atomic E-state index is 0.0294. The molecule has 0 heterocycles. The van der Waals surface area contributed by atoms with E-state index >= 15 is 0 Å². The lowest BCUT2D eigenvalue weighted by atomic mass is 9.83. The van der Waals surface area contributed by atoms with Crippen LogP contribution in [0.3, 0.4) is 0 Å². The van der Waals surface area contributed by atoms with Crippen molar-refractivity contribution in [3.05, 3.63) is 34.6 Å². The SMILES string of the molecule is CNC(CC1CCCCC1)c1c(F)cccc1Cl. The number of hydrogen-bond acceptors (Lipinski definition) is 1. The van der Waals surface area contributed by atoms with Gasteiger partial charge in [0.05, 0.1) is 0 Å². The van der Waals surface area contributed by atoms with Crippen molar-refractivity contribution >= 4 is 11.6 Å². The molecule has 1 unspecified atom stereocenters. The molecule has 2 rings (SSSR count). The largest absolute Gasteiger partial charge is 0.313 e. The van der Waals surface area contributed by atoms with E-state index in [0.717, 1.165) is 6.42 Å². The second kappa shape index (κ2) is 6.53. The molecule has 1 aliphatic carbocycles. The Bertz CT molecular complexity index is 368. The molecule has 1 N–H and O–H groups in total. The van der Waals surface area contributed by atoms with E-state index in [4.69, 9.17) is 11.6 Å². The molecule has 0 aliphatic heterocycles. The minimum atomic E-state index is -0.197. The first-order valence-electron chi connectivity index (χ1n) is 6.83. The van der Waals surface area contributed by atoms with Gasteiger partial charge in [-0.15, -0.1) is 0 Å². The number of benzene rings is 1. The molecule has 3 heteroatoms. The zero-order valence-electron chi connectivity index (χ0n) is 10.9.